The number of aliphatic carboxylic acids is 1. The molecule has 0 unspecified atom stereocenters. The van der Waals surface area contributed by atoms with Gasteiger partial charge in [0.15, 0.2) is 0 Å². The van der Waals surface area contributed by atoms with E-state index in [9.17, 15) is 13.2 Å². The molecule has 2 rings (SSSR count). The summed E-state index contributed by atoms with van der Waals surface area (Å²) in [5, 5.41) is 9.29. The first-order chi connectivity index (χ1) is 11.8. The van der Waals surface area contributed by atoms with Gasteiger partial charge in [0.25, 0.3) is 10.0 Å². The van der Waals surface area contributed by atoms with E-state index in [1.54, 1.807) is 18.2 Å². The Morgan fingerprint density at radius 3 is 2.44 bits per heavy atom. The third-order valence-corrected chi connectivity index (χ3v) is 5.93. The SMILES string of the molecule is COc1ccc(Cl)cc1N(CCC(=O)O)S(=O)(=O)c1ccc(Br)cc1. The summed E-state index contributed by atoms with van der Waals surface area (Å²) in [5.41, 5.74) is 0.180. The Kier molecular flexibility index (Phi) is 6.31. The zero-order chi connectivity index (χ0) is 18.6. The van der Waals surface area contributed by atoms with Gasteiger partial charge in [0, 0.05) is 16.0 Å². The zero-order valence-corrected chi connectivity index (χ0v) is 16.3. The lowest BCUT2D eigenvalue weighted by Gasteiger charge is -2.25. The number of benzene rings is 2. The van der Waals surface area contributed by atoms with Crippen molar-refractivity contribution in [2.24, 2.45) is 0 Å². The molecule has 1 N–H and O–H groups in total. The molecule has 9 heteroatoms. The summed E-state index contributed by atoms with van der Waals surface area (Å²) in [5.74, 6) is -0.840. The number of nitrogens with zero attached hydrogens (tertiary/aromatic N) is 1. The van der Waals surface area contributed by atoms with Crippen molar-refractivity contribution in [1.29, 1.82) is 0 Å². The van der Waals surface area contributed by atoms with Crippen LogP contribution >= 0.6 is 27.5 Å². The maximum Gasteiger partial charge on any atom is 0.305 e. The van der Waals surface area contributed by atoms with E-state index in [0.29, 0.717) is 5.02 Å². The first-order valence-electron chi connectivity index (χ1n) is 7.09. The molecule has 0 aliphatic carbocycles. The molecule has 0 heterocycles. The smallest absolute Gasteiger partial charge is 0.305 e. The fourth-order valence-corrected chi connectivity index (χ4v) is 4.06. The minimum Gasteiger partial charge on any atom is -0.495 e. The van der Waals surface area contributed by atoms with Crippen molar-refractivity contribution in [3.8, 4) is 5.75 Å². The van der Waals surface area contributed by atoms with Crippen molar-refractivity contribution in [1.82, 2.24) is 0 Å². The van der Waals surface area contributed by atoms with Crippen molar-refractivity contribution >= 4 is 49.2 Å². The van der Waals surface area contributed by atoms with Crippen molar-refractivity contribution in [2.75, 3.05) is 18.0 Å². The van der Waals surface area contributed by atoms with Gasteiger partial charge < -0.3 is 9.84 Å². The van der Waals surface area contributed by atoms with E-state index in [-0.39, 0.29) is 29.3 Å². The van der Waals surface area contributed by atoms with Crippen LogP contribution in [0.25, 0.3) is 0 Å². The molecule has 0 aromatic heterocycles. The number of rotatable bonds is 7. The summed E-state index contributed by atoms with van der Waals surface area (Å²) >= 11 is 9.25. The molecule has 0 atom stereocenters. The average molecular weight is 449 g/mol. The highest BCUT2D eigenvalue weighted by molar-refractivity contribution is 9.10. The summed E-state index contributed by atoms with van der Waals surface area (Å²) in [6.45, 7) is -0.259. The molecule has 25 heavy (non-hydrogen) atoms. The highest BCUT2D eigenvalue weighted by Crippen LogP contribution is 2.35. The third kappa shape index (κ3) is 4.65. The second kappa shape index (κ2) is 8.07. The maximum absolute atomic E-state index is 13.1. The molecule has 6 nitrogen and oxygen atoms in total. The van der Waals surface area contributed by atoms with E-state index >= 15 is 0 Å². The lowest BCUT2D eigenvalue weighted by atomic mass is 10.3. The minimum absolute atomic E-state index is 0.0307. The van der Waals surface area contributed by atoms with E-state index in [1.165, 1.54) is 31.4 Å². The molecular formula is C16H15BrClNO5S. The predicted molar refractivity (Wildman–Crippen MR) is 98.9 cm³/mol. The molecule has 0 saturated heterocycles. The topological polar surface area (TPSA) is 83.9 Å². The van der Waals surface area contributed by atoms with Crippen LogP contribution in [0.4, 0.5) is 5.69 Å². The molecule has 2 aromatic rings. The van der Waals surface area contributed by atoms with Crippen LogP contribution in [0.3, 0.4) is 0 Å². The van der Waals surface area contributed by atoms with E-state index in [4.69, 9.17) is 21.4 Å². The van der Waals surface area contributed by atoms with Gasteiger partial charge in [-0.1, -0.05) is 27.5 Å². The van der Waals surface area contributed by atoms with Crippen LogP contribution in [0.15, 0.2) is 51.8 Å². The molecule has 0 radical (unpaired) electrons. The number of carbonyl (C=O) groups is 1. The first-order valence-corrected chi connectivity index (χ1v) is 9.70. The molecule has 2 aromatic carbocycles. The van der Waals surface area contributed by atoms with Gasteiger partial charge in [0.2, 0.25) is 0 Å². The van der Waals surface area contributed by atoms with Crippen LogP contribution in [0, 0.1) is 0 Å². The number of carboxylic acids is 1. The molecule has 0 bridgehead atoms. The summed E-state index contributed by atoms with van der Waals surface area (Å²) in [4.78, 5) is 11.0. The van der Waals surface area contributed by atoms with Gasteiger partial charge in [-0.3, -0.25) is 9.10 Å². The largest absolute Gasteiger partial charge is 0.495 e. The van der Waals surface area contributed by atoms with E-state index in [2.05, 4.69) is 15.9 Å². The maximum atomic E-state index is 13.1. The number of sulfonamides is 1. The second-order valence-electron chi connectivity index (χ2n) is 4.99. The van der Waals surface area contributed by atoms with E-state index < -0.39 is 16.0 Å². The Morgan fingerprint density at radius 1 is 1.24 bits per heavy atom. The van der Waals surface area contributed by atoms with Gasteiger partial charge >= 0.3 is 5.97 Å². The number of hydrogen-bond acceptors (Lipinski definition) is 4. The van der Waals surface area contributed by atoms with Crippen LogP contribution in [0.2, 0.25) is 5.02 Å². The monoisotopic (exact) mass is 447 g/mol. The molecule has 0 amide bonds. The summed E-state index contributed by atoms with van der Waals surface area (Å²) < 4.78 is 33.0. The number of carboxylic acid groups (broad SMARTS) is 1. The number of halogens is 2. The highest BCUT2D eigenvalue weighted by Gasteiger charge is 2.28. The summed E-state index contributed by atoms with van der Waals surface area (Å²) in [6.07, 6.45) is -0.370. The van der Waals surface area contributed by atoms with Crippen LogP contribution in [-0.2, 0) is 14.8 Å². The lowest BCUT2D eigenvalue weighted by molar-refractivity contribution is -0.136. The minimum atomic E-state index is -4.01. The Hall–Kier alpha value is -1.77. The van der Waals surface area contributed by atoms with Gasteiger partial charge in [-0.05, 0) is 42.5 Å². The number of ether oxygens (including phenoxy) is 1. The molecule has 0 spiro atoms. The third-order valence-electron chi connectivity index (χ3n) is 3.34. The van der Waals surface area contributed by atoms with E-state index in [0.717, 1.165) is 8.78 Å². The number of methoxy groups -OCH3 is 1. The normalized spacial score (nSPS) is 11.2. The quantitative estimate of drug-likeness (QED) is 0.697. The molecule has 0 aliphatic rings. The first kappa shape index (κ1) is 19.6. The van der Waals surface area contributed by atoms with Gasteiger partial charge in [0.1, 0.15) is 5.75 Å². The fraction of sp³-hybridized carbons (Fsp3) is 0.188. The molecule has 134 valence electrons. The lowest BCUT2D eigenvalue weighted by Crippen LogP contribution is -2.33. The van der Waals surface area contributed by atoms with E-state index in [1.807, 2.05) is 0 Å². The van der Waals surface area contributed by atoms with Crippen LogP contribution in [0.1, 0.15) is 6.42 Å². The Morgan fingerprint density at radius 2 is 1.88 bits per heavy atom. The Bertz CT molecular complexity index is 871. The number of hydrogen-bond donors (Lipinski definition) is 1. The van der Waals surface area contributed by atoms with Crippen LogP contribution in [-0.4, -0.2) is 33.1 Å². The second-order valence-corrected chi connectivity index (χ2v) is 8.21. The molecule has 0 saturated carbocycles. The predicted octanol–water partition coefficient (Wildman–Crippen LogP) is 3.78. The Labute approximate surface area is 159 Å². The van der Waals surface area contributed by atoms with Crippen LogP contribution in [0.5, 0.6) is 5.75 Å². The fourth-order valence-electron chi connectivity index (χ4n) is 2.16. The van der Waals surface area contributed by atoms with Crippen molar-refractivity contribution in [3.63, 3.8) is 0 Å². The number of anilines is 1. The van der Waals surface area contributed by atoms with Gasteiger partial charge in [0.05, 0.1) is 24.1 Å². The standard InChI is InChI=1S/C16H15BrClNO5S/c1-24-15-7-4-12(18)10-14(15)19(9-8-16(20)21)25(22,23)13-5-2-11(17)3-6-13/h2-7,10H,8-9H2,1H3,(H,20,21). The molecule has 0 fully saturated rings. The van der Waals surface area contributed by atoms with Gasteiger partial charge in [-0.15, -0.1) is 0 Å². The van der Waals surface area contributed by atoms with Crippen molar-refractivity contribution in [2.45, 2.75) is 11.3 Å². The van der Waals surface area contributed by atoms with Gasteiger partial charge in [-0.25, -0.2) is 8.42 Å². The average Bonchev–Trinajstić information content (AvgIpc) is 2.55. The van der Waals surface area contributed by atoms with Crippen molar-refractivity contribution in [3.05, 3.63) is 52.0 Å². The Balaban J connectivity index is 2.58. The van der Waals surface area contributed by atoms with Crippen LogP contribution < -0.4 is 9.04 Å². The molecular weight excluding hydrogens is 434 g/mol. The van der Waals surface area contributed by atoms with Crippen molar-refractivity contribution < 1.29 is 23.1 Å². The summed E-state index contributed by atoms with van der Waals surface area (Å²) in [6, 6.07) is 10.6. The summed E-state index contributed by atoms with van der Waals surface area (Å²) in [7, 11) is -2.61. The highest BCUT2D eigenvalue weighted by atomic mass is 79.9. The molecule has 0 aliphatic heterocycles. The van der Waals surface area contributed by atoms with Gasteiger partial charge in [-0.2, -0.15) is 0 Å². The zero-order valence-electron chi connectivity index (χ0n) is 13.1.